The van der Waals surface area contributed by atoms with Gasteiger partial charge in [0.1, 0.15) is 0 Å². The topological polar surface area (TPSA) is 92.3 Å². The molecule has 1 aromatic heterocycles. The van der Waals surface area contributed by atoms with Gasteiger partial charge < -0.3 is 10.6 Å². The molecule has 2 aromatic rings. The maximum absolute atomic E-state index is 11.8. The van der Waals surface area contributed by atoms with Crippen LogP contribution in [-0.4, -0.2) is 33.0 Å². The van der Waals surface area contributed by atoms with Crippen molar-refractivity contribution in [1.82, 2.24) is 5.32 Å². The van der Waals surface area contributed by atoms with Crippen LogP contribution in [0.3, 0.4) is 0 Å². The molecular formula is C15H16N2O4S2. The van der Waals surface area contributed by atoms with Gasteiger partial charge in [-0.25, -0.2) is 8.42 Å². The van der Waals surface area contributed by atoms with E-state index in [0.29, 0.717) is 5.69 Å². The summed E-state index contributed by atoms with van der Waals surface area (Å²) in [5.74, 6) is -0.669. The second-order valence-corrected chi connectivity index (χ2v) is 7.73. The van der Waals surface area contributed by atoms with Crippen molar-refractivity contribution in [1.29, 1.82) is 0 Å². The van der Waals surface area contributed by atoms with E-state index < -0.39 is 15.7 Å². The zero-order chi connectivity index (χ0) is 16.9. The van der Waals surface area contributed by atoms with Crippen molar-refractivity contribution in [2.75, 3.05) is 18.1 Å². The summed E-state index contributed by atoms with van der Waals surface area (Å²) in [5.41, 5.74) is 1.26. The smallest absolute Gasteiger partial charge is 0.243 e. The summed E-state index contributed by atoms with van der Waals surface area (Å²) in [6.07, 6.45) is 1.32. The molecule has 23 heavy (non-hydrogen) atoms. The quantitative estimate of drug-likeness (QED) is 0.823. The molecule has 2 amide bonds. The predicted octanol–water partition coefficient (Wildman–Crippen LogP) is 1.45. The van der Waals surface area contributed by atoms with Gasteiger partial charge in [0, 0.05) is 11.9 Å². The van der Waals surface area contributed by atoms with Gasteiger partial charge in [0.2, 0.25) is 11.8 Å². The van der Waals surface area contributed by atoms with E-state index in [1.807, 2.05) is 16.8 Å². The number of thiophene rings is 1. The summed E-state index contributed by atoms with van der Waals surface area (Å²) >= 11 is 1.50. The number of benzene rings is 1. The Hall–Kier alpha value is -2.19. The summed E-state index contributed by atoms with van der Waals surface area (Å²) in [6.45, 7) is -0.175. The number of anilines is 1. The minimum Gasteiger partial charge on any atom is -0.347 e. The van der Waals surface area contributed by atoms with E-state index in [0.717, 1.165) is 11.8 Å². The molecule has 1 aromatic carbocycles. The van der Waals surface area contributed by atoms with Crippen LogP contribution in [-0.2, 0) is 25.8 Å². The van der Waals surface area contributed by atoms with E-state index in [9.17, 15) is 18.0 Å². The molecular weight excluding hydrogens is 336 g/mol. The summed E-state index contributed by atoms with van der Waals surface area (Å²) < 4.78 is 22.9. The van der Waals surface area contributed by atoms with E-state index in [2.05, 4.69) is 10.6 Å². The molecule has 1 heterocycles. The lowest BCUT2D eigenvalue weighted by molar-refractivity contribution is -0.123. The van der Waals surface area contributed by atoms with Crippen LogP contribution in [0.15, 0.2) is 46.0 Å². The Morgan fingerprint density at radius 3 is 2.61 bits per heavy atom. The zero-order valence-electron chi connectivity index (χ0n) is 12.4. The van der Waals surface area contributed by atoms with E-state index in [1.165, 1.54) is 23.5 Å². The second kappa shape index (κ2) is 7.38. The molecule has 0 bridgehead atoms. The lowest BCUT2D eigenvalue weighted by Crippen LogP contribution is -2.33. The number of sulfone groups is 1. The lowest BCUT2D eigenvalue weighted by atomic mass is 10.2. The van der Waals surface area contributed by atoms with E-state index in [-0.39, 0.29) is 23.8 Å². The second-order valence-electron chi connectivity index (χ2n) is 4.93. The molecule has 0 spiro atoms. The van der Waals surface area contributed by atoms with Gasteiger partial charge in [-0.3, -0.25) is 9.59 Å². The molecule has 6 nitrogen and oxygen atoms in total. The number of rotatable bonds is 6. The predicted molar refractivity (Wildman–Crippen MR) is 89.2 cm³/mol. The molecule has 0 saturated carbocycles. The van der Waals surface area contributed by atoms with Crippen molar-refractivity contribution in [2.45, 2.75) is 11.3 Å². The fraction of sp³-hybridized carbons (Fsp3) is 0.200. The number of carbonyl (C=O) groups is 2. The Kier molecular flexibility index (Phi) is 5.51. The van der Waals surface area contributed by atoms with Gasteiger partial charge in [0.25, 0.3) is 0 Å². The maximum atomic E-state index is 11.8. The van der Waals surface area contributed by atoms with Crippen molar-refractivity contribution in [3.8, 4) is 0 Å². The van der Waals surface area contributed by atoms with Crippen LogP contribution in [0.1, 0.15) is 5.56 Å². The minimum absolute atomic E-state index is 0.122. The summed E-state index contributed by atoms with van der Waals surface area (Å²) in [5, 5.41) is 8.82. The molecule has 0 aliphatic heterocycles. The molecule has 2 N–H and O–H groups in total. The highest BCUT2D eigenvalue weighted by atomic mass is 32.2. The van der Waals surface area contributed by atoms with Crippen LogP contribution in [0, 0.1) is 0 Å². The Balaban J connectivity index is 1.86. The number of hydrogen-bond acceptors (Lipinski definition) is 5. The van der Waals surface area contributed by atoms with E-state index >= 15 is 0 Å². The van der Waals surface area contributed by atoms with Gasteiger partial charge in [-0.1, -0.05) is 6.07 Å². The summed E-state index contributed by atoms with van der Waals surface area (Å²) in [4.78, 5) is 23.6. The number of amides is 2. The van der Waals surface area contributed by atoms with Crippen molar-refractivity contribution in [3.05, 3.63) is 46.7 Å². The fourth-order valence-electron chi connectivity index (χ4n) is 1.83. The molecule has 0 saturated heterocycles. The SMILES string of the molecule is CS(=O)(=O)c1cccc(NC(=O)CNC(=O)Cc2ccsc2)c1. The monoisotopic (exact) mass is 352 g/mol. The van der Waals surface area contributed by atoms with Crippen LogP contribution in [0.2, 0.25) is 0 Å². The van der Waals surface area contributed by atoms with Gasteiger partial charge in [-0.2, -0.15) is 11.3 Å². The summed E-state index contributed by atoms with van der Waals surface area (Å²) in [7, 11) is -3.34. The molecule has 122 valence electrons. The van der Waals surface area contributed by atoms with Gasteiger partial charge in [0.15, 0.2) is 9.84 Å². The highest BCUT2D eigenvalue weighted by Crippen LogP contribution is 2.15. The molecule has 0 atom stereocenters. The van der Waals surface area contributed by atoms with Crippen LogP contribution in [0.5, 0.6) is 0 Å². The third-order valence-electron chi connectivity index (χ3n) is 2.94. The molecule has 0 fully saturated rings. The molecule has 0 radical (unpaired) electrons. The van der Waals surface area contributed by atoms with Crippen LogP contribution >= 0.6 is 11.3 Å². The van der Waals surface area contributed by atoms with E-state index in [1.54, 1.807) is 12.1 Å². The Bertz CT molecular complexity index is 799. The Labute approximate surface area is 138 Å². The normalized spacial score (nSPS) is 11.0. The van der Waals surface area contributed by atoms with Crippen LogP contribution < -0.4 is 10.6 Å². The highest BCUT2D eigenvalue weighted by molar-refractivity contribution is 7.90. The number of hydrogen-bond donors (Lipinski definition) is 2. The largest absolute Gasteiger partial charge is 0.347 e. The standard InChI is InChI=1S/C15H16N2O4S2/c1-23(20,21)13-4-2-3-12(8-13)17-15(19)9-16-14(18)7-11-5-6-22-10-11/h2-6,8,10H,7,9H2,1H3,(H,16,18)(H,17,19). The van der Waals surface area contributed by atoms with Gasteiger partial charge >= 0.3 is 0 Å². The fourth-order valence-corrected chi connectivity index (χ4v) is 3.17. The Morgan fingerprint density at radius 2 is 1.96 bits per heavy atom. The molecule has 2 rings (SSSR count). The highest BCUT2D eigenvalue weighted by Gasteiger charge is 2.10. The van der Waals surface area contributed by atoms with Crippen molar-refractivity contribution < 1.29 is 18.0 Å². The maximum Gasteiger partial charge on any atom is 0.243 e. The molecule has 0 unspecified atom stereocenters. The first-order valence-corrected chi connectivity index (χ1v) is 9.56. The van der Waals surface area contributed by atoms with Crippen molar-refractivity contribution >= 4 is 38.7 Å². The Morgan fingerprint density at radius 1 is 1.17 bits per heavy atom. The third-order valence-corrected chi connectivity index (χ3v) is 4.78. The lowest BCUT2D eigenvalue weighted by Gasteiger charge is -2.08. The molecule has 8 heteroatoms. The zero-order valence-corrected chi connectivity index (χ0v) is 14.0. The number of nitrogens with one attached hydrogen (secondary N) is 2. The van der Waals surface area contributed by atoms with Crippen molar-refractivity contribution in [3.63, 3.8) is 0 Å². The summed E-state index contributed by atoms with van der Waals surface area (Å²) in [6, 6.07) is 7.80. The number of carbonyl (C=O) groups excluding carboxylic acids is 2. The van der Waals surface area contributed by atoms with Gasteiger partial charge in [0.05, 0.1) is 17.9 Å². The van der Waals surface area contributed by atoms with Gasteiger partial charge in [-0.05, 0) is 40.6 Å². The van der Waals surface area contributed by atoms with Crippen molar-refractivity contribution in [2.24, 2.45) is 0 Å². The molecule has 0 aliphatic rings. The first kappa shape index (κ1) is 17.2. The average Bonchev–Trinajstić information content (AvgIpc) is 2.97. The van der Waals surface area contributed by atoms with Gasteiger partial charge in [-0.15, -0.1) is 0 Å². The van der Waals surface area contributed by atoms with Crippen LogP contribution in [0.4, 0.5) is 5.69 Å². The van der Waals surface area contributed by atoms with E-state index in [4.69, 9.17) is 0 Å². The first-order chi connectivity index (χ1) is 10.8. The van der Waals surface area contributed by atoms with Crippen LogP contribution in [0.25, 0.3) is 0 Å². The average molecular weight is 352 g/mol. The third kappa shape index (κ3) is 5.50. The minimum atomic E-state index is -3.34. The molecule has 0 aliphatic carbocycles. The first-order valence-electron chi connectivity index (χ1n) is 6.72.